The standard InChI is InChI=1S/C15H31BO2/c16-12-8-5-3-1-2-4-6-9-13-17-15-11-7-10-14-18-15/h15H,1-14,16H2. The molecule has 3 heteroatoms. The van der Waals surface area contributed by atoms with Crippen LogP contribution < -0.4 is 0 Å². The van der Waals surface area contributed by atoms with Crippen LogP contribution in [0, 0.1) is 0 Å². The first-order valence-corrected chi connectivity index (χ1v) is 8.16. The topological polar surface area (TPSA) is 18.5 Å². The third-order valence-electron chi connectivity index (χ3n) is 3.69. The van der Waals surface area contributed by atoms with E-state index < -0.39 is 0 Å². The Balaban J connectivity index is 1.73. The molecule has 1 aliphatic rings. The van der Waals surface area contributed by atoms with E-state index in [1.807, 2.05) is 0 Å². The summed E-state index contributed by atoms with van der Waals surface area (Å²) in [5.41, 5.74) is 0. The second kappa shape index (κ2) is 12.0. The minimum absolute atomic E-state index is 0.104. The maximum atomic E-state index is 5.72. The molecule has 0 aromatic heterocycles. The minimum Gasteiger partial charge on any atom is -0.353 e. The summed E-state index contributed by atoms with van der Waals surface area (Å²) in [5.74, 6) is 0. The smallest absolute Gasteiger partial charge is 0.157 e. The molecule has 0 radical (unpaired) electrons. The predicted molar refractivity (Wildman–Crippen MR) is 79.8 cm³/mol. The van der Waals surface area contributed by atoms with Crippen molar-refractivity contribution in [3.63, 3.8) is 0 Å². The molecule has 1 heterocycles. The molecule has 1 aliphatic heterocycles. The minimum atomic E-state index is 0.104. The zero-order valence-electron chi connectivity index (χ0n) is 12.3. The van der Waals surface area contributed by atoms with Gasteiger partial charge in [-0.25, -0.2) is 0 Å². The van der Waals surface area contributed by atoms with Crippen molar-refractivity contribution < 1.29 is 9.47 Å². The molecule has 1 saturated heterocycles. The number of hydrogen-bond acceptors (Lipinski definition) is 2. The molecule has 1 atom stereocenters. The largest absolute Gasteiger partial charge is 0.353 e. The molecule has 1 rings (SSSR count). The molecule has 0 aromatic carbocycles. The van der Waals surface area contributed by atoms with E-state index in [4.69, 9.17) is 9.47 Å². The molecule has 0 saturated carbocycles. The van der Waals surface area contributed by atoms with Crippen LogP contribution in [0.5, 0.6) is 0 Å². The van der Waals surface area contributed by atoms with Crippen LogP contribution in [-0.2, 0) is 9.47 Å². The molecule has 0 bridgehead atoms. The van der Waals surface area contributed by atoms with Crippen molar-refractivity contribution in [2.24, 2.45) is 0 Å². The van der Waals surface area contributed by atoms with Gasteiger partial charge in [0.25, 0.3) is 0 Å². The molecule has 2 nitrogen and oxygen atoms in total. The van der Waals surface area contributed by atoms with Gasteiger partial charge in [-0.15, -0.1) is 0 Å². The molecule has 0 aliphatic carbocycles. The van der Waals surface area contributed by atoms with E-state index in [1.165, 1.54) is 70.5 Å². The van der Waals surface area contributed by atoms with Gasteiger partial charge in [-0.1, -0.05) is 51.3 Å². The molecule has 0 spiro atoms. The van der Waals surface area contributed by atoms with Crippen LogP contribution >= 0.6 is 0 Å². The fourth-order valence-electron chi connectivity index (χ4n) is 2.47. The number of rotatable bonds is 11. The van der Waals surface area contributed by atoms with Crippen molar-refractivity contribution in [1.82, 2.24) is 0 Å². The lowest BCUT2D eigenvalue weighted by molar-refractivity contribution is -0.162. The number of hydrogen-bond donors (Lipinski definition) is 0. The maximum Gasteiger partial charge on any atom is 0.157 e. The second-order valence-corrected chi connectivity index (χ2v) is 5.50. The first-order valence-electron chi connectivity index (χ1n) is 8.16. The average molecular weight is 254 g/mol. The van der Waals surface area contributed by atoms with Gasteiger partial charge in [0.2, 0.25) is 0 Å². The third-order valence-corrected chi connectivity index (χ3v) is 3.69. The normalized spacial score (nSPS) is 20.1. The summed E-state index contributed by atoms with van der Waals surface area (Å²) in [6, 6.07) is 0. The summed E-state index contributed by atoms with van der Waals surface area (Å²) in [6.45, 7) is 1.78. The highest BCUT2D eigenvalue weighted by atomic mass is 16.7. The van der Waals surface area contributed by atoms with Gasteiger partial charge in [0.1, 0.15) is 7.85 Å². The molecular formula is C15H31BO2. The van der Waals surface area contributed by atoms with E-state index in [0.717, 1.165) is 19.6 Å². The van der Waals surface area contributed by atoms with E-state index in [0.29, 0.717) is 0 Å². The van der Waals surface area contributed by atoms with Gasteiger partial charge in [0, 0.05) is 13.2 Å². The van der Waals surface area contributed by atoms with Crippen LogP contribution in [0.1, 0.15) is 70.6 Å². The average Bonchev–Trinajstić information content (AvgIpc) is 2.42. The summed E-state index contributed by atoms with van der Waals surface area (Å²) in [7, 11) is 2.27. The van der Waals surface area contributed by atoms with E-state index in [-0.39, 0.29) is 6.29 Å². The van der Waals surface area contributed by atoms with Crippen LogP contribution in [-0.4, -0.2) is 27.4 Å². The third kappa shape index (κ3) is 8.99. The van der Waals surface area contributed by atoms with Crippen molar-refractivity contribution in [2.45, 2.75) is 83.2 Å². The highest BCUT2D eigenvalue weighted by Gasteiger charge is 2.13. The van der Waals surface area contributed by atoms with Crippen molar-refractivity contribution in [1.29, 1.82) is 0 Å². The fraction of sp³-hybridized carbons (Fsp3) is 1.00. The Bertz CT molecular complexity index is 170. The fourth-order valence-corrected chi connectivity index (χ4v) is 2.47. The summed E-state index contributed by atoms with van der Waals surface area (Å²) in [5, 5.41) is 0. The van der Waals surface area contributed by atoms with E-state index in [9.17, 15) is 0 Å². The number of ether oxygens (including phenoxy) is 2. The lowest BCUT2D eigenvalue weighted by Gasteiger charge is -2.22. The molecule has 0 aromatic rings. The van der Waals surface area contributed by atoms with Crippen LogP contribution in [0.4, 0.5) is 0 Å². The molecule has 0 N–H and O–H groups in total. The van der Waals surface area contributed by atoms with Gasteiger partial charge < -0.3 is 9.47 Å². The predicted octanol–water partition coefficient (Wildman–Crippen LogP) is 3.70. The summed E-state index contributed by atoms with van der Waals surface area (Å²) in [6.07, 6.45) is 16.0. The Morgan fingerprint density at radius 2 is 1.56 bits per heavy atom. The SMILES string of the molecule is BCCCCCCCCCCOC1CCCCO1. The Morgan fingerprint density at radius 1 is 0.889 bits per heavy atom. The van der Waals surface area contributed by atoms with E-state index in [2.05, 4.69) is 7.85 Å². The lowest BCUT2D eigenvalue weighted by atomic mass is 9.98. The Morgan fingerprint density at radius 3 is 2.17 bits per heavy atom. The summed E-state index contributed by atoms with van der Waals surface area (Å²) >= 11 is 0. The Kier molecular flexibility index (Phi) is 10.7. The van der Waals surface area contributed by atoms with Crippen LogP contribution in [0.15, 0.2) is 0 Å². The van der Waals surface area contributed by atoms with Gasteiger partial charge >= 0.3 is 0 Å². The van der Waals surface area contributed by atoms with Crippen molar-refractivity contribution in [3.8, 4) is 0 Å². The summed E-state index contributed by atoms with van der Waals surface area (Å²) in [4.78, 5) is 0. The highest BCUT2D eigenvalue weighted by molar-refractivity contribution is 6.08. The van der Waals surface area contributed by atoms with Gasteiger partial charge in [-0.05, 0) is 25.7 Å². The van der Waals surface area contributed by atoms with Crippen LogP contribution in [0.25, 0.3) is 0 Å². The molecule has 106 valence electrons. The van der Waals surface area contributed by atoms with E-state index >= 15 is 0 Å². The zero-order chi connectivity index (χ0) is 12.9. The number of unbranched alkanes of at least 4 members (excludes halogenated alkanes) is 7. The Hall–Kier alpha value is -0.0151. The maximum absolute atomic E-state index is 5.72. The molecule has 1 unspecified atom stereocenters. The lowest BCUT2D eigenvalue weighted by Crippen LogP contribution is -2.22. The van der Waals surface area contributed by atoms with Crippen molar-refractivity contribution in [2.75, 3.05) is 13.2 Å². The van der Waals surface area contributed by atoms with Gasteiger partial charge in [0.05, 0.1) is 0 Å². The Labute approximate surface area is 114 Å². The molecule has 1 fully saturated rings. The molecule has 18 heavy (non-hydrogen) atoms. The van der Waals surface area contributed by atoms with Crippen molar-refractivity contribution >= 4 is 7.85 Å². The van der Waals surface area contributed by atoms with Crippen LogP contribution in [0.2, 0.25) is 6.32 Å². The first kappa shape index (κ1) is 16.0. The quantitative estimate of drug-likeness (QED) is 0.413. The van der Waals surface area contributed by atoms with Crippen LogP contribution in [0.3, 0.4) is 0 Å². The first-order chi connectivity index (χ1) is 8.93. The van der Waals surface area contributed by atoms with Gasteiger partial charge in [-0.2, -0.15) is 0 Å². The van der Waals surface area contributed by atoms with Gasteiger partial charge in [0.15, 0.2) is 6.29 Å². The van der Waals surface area contributed by atoms with Crippen molar-refractivity contribution in [3.05, 3.63) is 0 Å². The summed E-state index contributed by atoms with van der Waals surface area (Å²) < 4.78 is 11.3. The highest BCUT2D eigenvalue weighted by Crippen LogP contribution is 2.14. The second-order valence-electron chi connectivity index (χ2n) is 5.50. The molecule has 0 amide bonds. The van der Waals surface area contributed by atoms with Gasteiger partial charge in [-0.3, -0.25) is 0 Å². The monoisotopic (exact) mass is 254 g/mol. The zero-order valence-corrected chi connectivity index (χ0v) is 12.3. The molecular weight excluding hydrogens is 223 g/mol. The van der Waals surface area contributed by atoms with E-state index in [1.54, 1.807) is 0 Å².